The zero-order valence-corrected chi connectivity index (χ0v) is 10.6. The SMILES string of the molecule is CCc1cc(C(=O)O)cc(-n2nc(C)cc2C)n1. The Hall–Kier alpha value is -2.17. The molecule has 0 aliphatic carbocycles. The fraction of sp³-hybridized carbons (Fsp3) is 0.308. The van der Waals surface area contributed by atoms with Crippen molar-refractivity contribution in [2.45, 2.75) is 27.2 Å². The van der Waals surface area contributed by atoms with Crippen molar-refractivity contribution in [1.29, 1.82) is 0 Å². The molecule has 0 aliphatic heterocycles. The first kappa shape index (κ1) is 12.3. The van der Waals surface area contributed by atoms with Gasteiger partial charge in [0, 0.05) is 11.4 Å². The van der Waals surface area contributed by atoms with Crippen molar-refractivity contribution >= 4 is 5.97 Å². The second kappa shape index (κ2) is 4.60. The summed E-state index contributed by atoms with van der Waals surface area (Å²) < 4.78 is 1.67. The Kier molecular flexibility index (Phi) is 3.14. The predicted octanol–water partition coefficient (Wildman–Crippen LogP) is 2.14. The molecule has 2 rings (SSSR count). The van der Waals surface area contributed by atoms with Crippen LogP contribution in [0.5, 0.6) is 0 Å². The summed E-state index contributed by atoms with van der Waals surface area (Å²) in [7, 11) is 0. The maximum atomic E-state index is 11.1. The van der Waals surface area contributed by atoms with Crippen LogP contribution in [0.25, 0.3) is 5.82 Å². The smallest absolute Gasteiger partial charge is 0.335 e. The van der Waals surface area contributed by atoms with Crippen molar-refractivity contribution in [3.05, 3.63) is 40.8 Å². The summed E-state index contributed by atoms with van der Waals surface area (Å²) in [6.45, 7) is 5.75. The van der Waals surface area contributed by atoms with E-state index in [1.54, 1.807) is 16.8 Å². The number of hydrogen-bond donors (Lipinski definition) is 1. The number of rotatable bonds is 3. The fourth-order valence-corrected chi connectivity index (χ4v) is 1.85. The topological polar surface area (TPSA) is 68.0 Å². The van der Waals surface area contributed by atoms with Crippen molar-refractivity contribution < 1.29 is 9.90 Å². The van der Waals surface area contributed by atoms with E-state index in [0.29, 0.717) is 12.2 Å². The Balaban J connectivity index is 2.60. The van der Waals surface area contributed by atoms with E-state index in [-0.39, 0.29) is 5.56 Å². The zero-order chi connectivity index (χ0) is 13.3. The molecule has 0 saturated heterocycles. The molecule has 0 aliphatic rings. The highest BCUT2D eigenvalue weighted by atomic mass is 16.4. The number of aryl methyl sites for hydroxylation is 3. The minimum atomic E-state index is -0.949. The molecule has 1 N–H and O–H groups in total. The van der Waals surface area contributed by atoms with Crippen LogP contribution in [0.1, 0.15) is 34.4 Å². The lowest BCUT2D eigenvalue weighted by Gasteiger charge is -2.07. The molecule has 5 heteroatoms. The molecule has 0 bridgehead atoms. The van der Waals surface area contributed by atoms with Crippen LogP contribution < -0.4 is 0 Å². The number of aromatic nitrogens is 3. The lowest BCUT2D eigenvalue weighted by Crippen LogP contribution is -2.07. The number of nitrogens with zero attached hydrogens (tertiary/aromatic N) is 3. The third-order valence-electron chi connectivity index (χ3n) is 2.70. The summed E-state index contributed by atoms with van der Waals surface area (Å²) in [6, 6.07) is 5.07. The number of carbonyl (C=O) groups is 1. The molecule has 0 saturated carbocycles. The number of pyridine rings is 1. The van der Waals surface area contributed by atoms with Crippen LogP contribution in [0.3, 0.4) is 0 Å². The van der Waals surface area contributed by atoms with Crippen molar-refractivity contribution in [2.75, 3.05) is 0 Å². The second-order valence-corrected chi connectivity index (χ2v) is 4.20. The summed E-state index contributed by atoms with van der Waals surface area (Å²) in [4.78, 5) is 15.5. The lowest BCUT2D eigenvalue weighted by molar-refractivity contribution is 0.0696. The molecule has 0 atom stereocenters. The molecule has 0 amide bonds. The van der Waals surface area contributed by atoms with Crippen LogP contribution >= 0.6 is 0 Å². The third-order valence-corrected chi connectivity index (χ3v) is 2.70. The van der Waals surface area contributed by atoms with Gasteiger partial charge in [0.05, 0.1) is 11.3 Å². The summed E-state index contributed by atoms with van der Waals surface area (Å²) in [6.07, 6.45) is 0.688. The van der Waals surface area contributed by atoms with Crippen LogP contribution in [0.15, 0.2) is 18.2 Å². The Bertz CT molecular complexity index is 602. The molecule has 18 heavy (non-hydrogen) atoms. The van der Waals surface area contributed by atoms with Crippen LogP contribution in [0.2, 0.25) is 0 Å². The van der Waals surface area contributed by atoms with Gasteiger partial charge in [0.1, 0.15) is 0 Å². The van der Waals surface area contributed by atoms with E-state index >= 15 is 0 Å². The van der Waals surface area contributed by atoms with Crippen molar-refractivity contribution in [2.24, 2.45) is 0 Å². The van der Waals surface area contributed by atoms with Crippen molar-refractivity contribution in [3.8, 4) is 5.82 Å². The standard InChI is InChI=1S/C13H15N3O2/c1-4-11-6-10(13(17)18)7-12(14-11)16-9(3)5-8(2)15-16/h5-7H,4H2,1-3H3,(H,17,18). The van der Waals surface area contributed by atoms with E-state index in [4.69, 9.17) is 5.11 Å². The van der Waals surface area contributed by atoms with Crippen LogP contribution in [0.4, 0.5) is 0 Å². The Morgan fingerprint density at radius 1 is 1.33 bits per heavy atom. The van der Waals surface area contributed by atoms with Gasteiger partial charge in [-0.25, -0.2) is 14.5 Å². The predicted molar refractivity (Wildman–Crippen MR) is 67.2 cm³/mol. The van der Waals surface area contributed by atoms with Crippen molar-refractivity contribution in [3.63, 3.8) is 0 Å². The Morgan fingerprint density at radius 3 is 2.56 bits per heavy atom. The average molecular weight is 245 g/mol. The largest absolute Gasteiger partial charge is 0.478 e. The van der Waals surface area contributed by atoms with Crippen LogP contribution in [0, 0.1) is 13.8 Å². The highest BCUT2D eigenvalue weighted by molar-refractivity contribution is 5.88. The van der Waals surface area contributed by atoms with Gasteiger partial charge in [-0.3, -0.25) is 0 Å². The summed E-state index contributed by atoms with van der Waals surface area (Å²) in [5, 5.41) is 13.4. The molecular weight excluding hydrogens is 230 g/mol. The maximum absolute atomic E-state index is 11.1. The van der Waals surface area contributed by atoms with E-state index in [1.165, 1.54) is 0 Å². The van der Waals surface area contributed by atoms with Gasteiger partial charge in [-0.1, -0.05) is 6.92 Å². The van der Waals surface area contributed by atoms with Gasteiger partial charge in [-0.05, 0) is 38.5 Å². The van der Waals surface area contributed by atoms with Gasteiger partial charge in [-0.2, -0.15) is 5.10 Å². The molecule has 0 unspecified atom stereocenters. The highest BCUT2D eigenvalue weighted by Crippen LogP contribution is 2.14. The zero-order valence-electron chi connectivity index (χ0n) is 10.6. The minimum absolute atomic E-state index is 0.240. The summed E-state index contributed by atoms with van der Waals surface area (Å²) in [5.41, 5.74) is 2.81. The number of carboxylic acid groups (broad SMARTS) is 1. The van der Waals surface area contributed by atoms with Crippen LogP contribution in [-0.4, -0.2) is 25.8 Å². The minimum Gasteiger partial charge on any atom is -0.478 e. The molecule has 2 heterocycles. The van der Waals surface area contributed by atoms with E-state index in [1.807, 2.05) is 26.8 Å². The molecule has 2 aromatic heterocycles. The highest BCUT2D eigenvalue weighted by Gasteiger charge is 2.11. The lowest BCUT2D eigenvalue weighted by atomic mass is 10.2. The van der Waals surface area contributed by atoms with E-state index in [9.17, 15) is 4.79 Å². The first-order valence-electron chi connectivity index (χ1n) is 5.79. The Labute approximate surface area is 105 Å². The second-order valence-electron chi connectivity index (χ2n) is 4.20. The fourth-order valence-electron chi connectivity index (χ4n) is 1.85. The average Bonchev–Trinajstić information content (AvgIpc) is 2.67. The molecule has 94 valence electrons. The quantitative estimate of drug-likeness (QED) is 0.899. The van der Waals surface area contributed by atoms with Gasteiger partial charge >= 0.3 is 5.97 Å². The first-order valence-corrected chi connectivity index (χ1v) is 5.79. The normalized spacial score (nSPS) is 10.6. The molecule has 0 radical (unpaired) electrons. The van der Waals surface area contributed by atoms with E-state index in [2.05, 4.69) is 10.1 Å². The van der Waals surface area contributed by atoms with Gasteiger partial charge in [0.2, 0.25) is 0 Å². The van der Waals surface area contributed by atoms with Crippen molar-refractivity contribution in [1.82, 2.24) is 14.8 Å². The number of hydrogen-bond acceptors (Lipinski definition) is 3. The van der Waals surface area contributed by atoms with E-state index < -0.39 is 5.97 Å². The van der Waals surface area contributed by atoms with E-state index in [0.717, 1.165) is 17.1 Å². The molecular formula is C13H15N3O2. The molecule has 0 spiro atoms. The number of carboxylic acids is 1. The number of aromatic carboxylic acids is 1. The summed E-state index contributed by atoms with van der Waals surface area (Å²) in [5.74, 6) is -0.396. The molecule has 5 nitrogen and oxygen atoms in total. The molecule has 0 aromatic carbocycles. The Morgan fingerprint density at radius 2 is 2.06 bits per heavy atom. The monoisotopic (exact) mass is 245 g/mol. The van der Waals surface area contributed by atoms with Gasteiger partial charge < -0.3 is 5.11 Å². The van der Waals surface area contributed by atoms with Gasteiger partial charge in [-0.15, -0.1) is 0 Å². The summed E-state index contributed by atoms with van der Waals surface area (Å²) >= 11 is 0. The third kappa shape index (κ3) is 2.25. The van der Waals surface area contributed by atoms with Gasteiger partial charge in [0.15, 0.2) is 5.82 Å². The first-order chi connectivity index (χ1) is 8.51. The maximum Gasteiger partial charge on any atom is 0.335 e. The molecule has 2 aromatic rings. The van der Waals surface area contributed by atoms with Gasteiger partial charge in [0.25, 0.3) is 0 Å². The molecule has 0 fully saturated rings. The van der Waals surface area contributed by atoms with Crippen LogP contribution in [-0.2, 0) is 6.42 Å².